The predicted molar refractivity (Wildman–Crippen MR) is 95.7 cm³/mol. The van der Waals surface area contributed by atoms with Crippen molar-refractivity contribution in [1.29, 1.82) is 0 Å². The van der Waals surface area contributed by atoms with Crippen LogP contribution in [0.1, 0.15) is 45.8 Å². The number of amides is 1. The zero-order valence-corrected chi connectivity index (χ0v) is 15.2. The summed E-state index contributed by atoms with van der Waals surface area (Å²) in [5.41, 5.74) is 1.63. The van der Waals surface area contributed by atoms with Crippen LogP contribution in [0.5, 0.6) is 0 Å². The van der Waals surface area contributed by atoms with Crippen LogP contribution in [0.3, 0.4) is 0 Å². The van der Waals surface area contributed by atoms with Crippen LogP contribution in [0.25, 0.3) is 0 Å². The van der Waals surface area contributed by atoms with E-state index in [2.05, 4.69) is 38.2 Å². The third-order valence-corrected chi connectivity index (χ3v) is 5.23. The number of nitrogens with one attached hydrogen (secondary N) is 1. The Hall–Kier alpha value is -2.02. The normalized spacial score (nSPS) is 15.5. The van der Waals surface area contributed by atoms with Crippen LogP contribution in [0, 0.1) is 13.8 Å². The van der Waals surface area contributed by atoms with Crippen molar-refractivity contribution < 1.29 is 4.79 Å². The summed E-state index contributed by atoms with van der Waals surface area (Å²) in [7, 11) is 0. The van der Waals surface area contributed by atoms with E-state index in [1.807, 2.05) is 13.8 Å². The highest BCUT2D eigenvalue weighted by atomic mass is 32.1. The summed E-state index contributed by atoms with van der Waals surface area (Å²) in [5.74, 6) is 0.934. The molecule has 1 amide bonds. The number of nitrogens with zero attached hydrogens (tertiary/aromatic N) is 4. The highest BCUT2D eigenvalue weighted by molar-refractivity contribution is 7.11. The highest BCUT2D eigenvalue weighted by Gasteiger charge is 2.23. The smallest absolute Gasteiger partial charge is 0.271 e. The number of carbonyl (C=O) groups is 1. The molecule has 0 bridgehead atoms. The lowest BCUT2D eigenvalue weighted by Gasteiger charge is -2.33. The van der Waals surface area contributed by atoms with Crippen molar-refractivity contribution in [2.75, 3.05) is 18.0 Å². The number of anilines is 1. The maximum atomic E-state index is 12.4. The average Bonchev–Trinajstić information content (AvgIpc) is 2.94. The average molecular weight is 345 g/mol. The molecule has 7 heteroatoms. The van der Waals surface area contributed by atoms with E-state index in [9.17, 15) is 4.79 Å². The van der Waals surface area contributed by atoms with Gasteiger partial charge in [-0.25, -0.2) is 15.0 Å². The van der Waals surface area contributed by atoms with Gasteiger partial charge in [0.1, 0.15) is 17.8 Å². The number of hydrogen-bond acceptors (Lipinski definition) is 6. The first-order valence-electron chi connectivity index (χ1n) is 8.37. The summed E-state index contributed by atoms with van der Waals surface area (Å²) in [6.45, 7) is 7.75. The lowest BCUT2D eigenvalue weighted by atomic mass is 10.0. The number of rotatable bonds is 4. The molecule has 0 radical (unpaired) electrons. The van der Waals surface area contributed by atoms with E-state index >= 15 is 0 Å². The zero-order chi connectivity index (χ0) is 17.1. The Morgan fingerprint density at radius 3 is 2.71 bits per heavy atom. The van der Waals surface area contributed by atoms with Gasteiger partial charge in [-0.3, -0.25) is 4.79 Å². The quantitative estimate of drug-likeness (QED) is 0.922. The topological polar surface area (TPSA) is 71.0 Å². The predicted octanol–water partition coefficient (Wildman–Crippen LogP) is 2.51. The van der Waals surface area contributed by atoms with Gasteiger partial charge in [0.05, 0.1) is 5.01 Å². The number of aromatic nitrogens is 3. The molecule has 2 aromatic rings. The minimum absolute atomic E-state index is 0.0504. The van der Waals surface area contributed by atoms with Gasteiger partial charge in [0.2, 0.25) is 0 Å². The standard InChI is InChI=1S/C17H23N5OS/c1-4-13-9-15(19-10-18-13)22-7-5-14(6-8-22)21-17(23)16-11(2)24-12(3)20-16/h9-10,14H,4-8H2,1-3H3,(H,21,23). The van der Waals surface area contributed by atoms with Crippen LogP contribution in [-0.2, 0) is 6.42 Å². The largest absolute Gasteiger partial charge is 0.356 e. The van der Waals surface area contributed by atoms with Crippen LogP contribution < -0.4 is 10.2 Å². The monoisotopic (exact) mass is 345 g/mol. The maximum Gasteiger partial charge on any atom is 0.271 e. The van der Waals surface area contributed by atoms with Gasteiger partial charge < -0.3 is 10.2 Å². The van der Waals surface area contributed by atoms with Crippen LogP contribution in [-0.4, -0.2) is 40.0 Å². The van der Waals surface area contributed by atoms with Crippen molar-refractivity contribution in [2.24, 2.45) is 0 Å². The Kier molecular flexibility index (Phi) is 5.08. The number of aryl methyl sites for hydroxylation is 3. The first-order valence-corrected chi connectivity index (χ1v) is 9.19. The molecule has 3 heterocycles. The SMILES string of the molecule is CCc1cc(N2CCC(NC(=O)c3nc(C)sc3C)CC2)ncn1. The van der Waals surface area contributed by atoms with Gasteiger partial charge in [-0.05, 0) is 33.1 Å². The van der Waals surface area contributed by atoms with Crippen molar-refractivity contribution in [1.82, 2.24) is 20.3 Å². The van der Waals surface area contributed by atoms with Gasteiger partial charge in [0, 0.05) is 35.8 Å². The number of hydrogen-bond donors (Lipinski definition) is 1. The molecule has 0 spiro atoms. The summed E-state index contributed by atoms with van der Waals surface area (Å²) in [6.07, 6.45) is 4.38. The number of thiazole rings is 1. The van der Waals surface area contributed by atoms with Gasteiger partial charge in [-0.1, -0.05) is 6.92 Å². The molecule has 1 aliphatic rings. The van der Waals surface area contributed by atoms with Gasteiger partial charge in [0.25, 0.3) is 5.91 Å². The molecule has 0 unspecified atom stereocenters. The summed E-state index contributed by atoms with van der Waals surface area (Å²) < 4.78 is 0. The van der Waals surface area contributed by atoms with Crippen LogP contribution >= 0.6 is 11.3 Å². The summed E-state index contributed by atoms with van der Waals surface area (Å²) in [5, 5.41) is 4.06. The van der Waals surface area contributed by atoms with E-state index in [4.69, 9.17) is 0 Å². The van der Waals surface area contributed by atoms with Crippen molar-refractivity contribution in [3.05, 3.63) is 33.7 Å². The Morgan fingerprint density at radius 1 is 1.33 bits per heavy atom. The Balaban J connectivity index is 1.57. The molecule has 6 nitrogen and oxygen atoms in total. The van der Waals surface area contributed by atoms with Crippen LogP contribution in [0.4, 0.5) is 5.82 Å². The van der Waals surface area contributed by atoms with Crippen LogP contribution in [0.2, 0.25) is 0 Å². The Labute approximate surface area is 146 Å². The van der Waals surface area contributed by atoms with Crippen molar-refractivity contribution in [2.45, 2.75) is 46.1 Å². The third-order valence-electron chi connectivity index (χ3n) is 4.34. The second-order valence-electron chi connectivity index (χ2n) is 6.09. The van der Waals surface area contributed by atoms with Gasteiger partial charge in [-0.15, -0.1) is 11.3 Å². The Bertz CT molecular complexity index is 722. The molecular weight excluding hydrogens is 322 g/mol. The zero-order valence-electron chi connectivity index (χ0n) is 14.4. The van der Waals surface area contributed by atoms with E-state index in [-0.39, 0.29) is 11.9 Å². The molecule has 1 fully saturated rings. The lowest BCUT2D eigenvalue weighted by molar-refractivity contribution is 0.0926. The molecule has 3 rings (SSSR count). The first kappa shape index (κ1) is 16.8. The first-order chi connectivity index (χ1) is 11.6. The van der Waals surface area contributed by atoms with E-state index in [0.29, 0.717) is 5.69 Å². The highest BCUT2D eigenvalue weighted by Crippen LogP contribution is 2.20. The summed E-state index contributed by atoms with van der Waals surface area (Å²) in [6, 6.07) is 2.25. The minimum Gasteiger partial charge on any atom is -0.356 e. The Morgan fingerprint density at radius 2 is 2.08 bits per heavy atom. The maximum absolute atomic E-state index is 12.4. The summed E-state index contributed by atoms with van der Waals surface area (Å²) in [4.78, 5) is 28.6. The molecule has 1 saturated heterocycles. The fourth-order valence-corrected chi connectivity index (χ4v) is 3.81. The molecule has 0 atom stereocenters. The van der Waals surface area contributed by atoms with Crippen molar-refractivity contribution >= 4 is 23.1 Å². The molecule has 0 aliphatic carbocycles. The van der Waals surface area contributed by atoms with Gasteiger partial charge in [-0.2, -0.15) is 0 Å². The van der Waals surface area contributed by atoms with E-state index in [1.165, 1.54) is 0 Å². The fourth-order valence-electron chi connectivity index (χ4n) is 3.00. The number of piperidine rings is 1. The van der Waals surface area contributed by atoms with E-state index in [0.717, 1.165) is 53.7 Å². The molecule has 128 valence electrons. The third kappa shape index (κ3) is 3.72. The van der Waals surface area contributed by atoms with Crippen molar-refractivity contribution in [3.8, 4) is 0 Å². The molecule has 24 heavy (non-hydrogen) atoms. The fraction of sp³-hybridized carbons (Fsp3) is 0.529. The van der Waals surface area contributed by atoms with E-state index in [1.54, 1.807) is 17.7 Å². The molecule has 1 N–H and O–H groups in total. The van der Waals surface area contributed by atoms with Crippen molar-refractivity contribution in [3.63, 3.8) is 0 Å². The van der Waals surface area contributed by atoms with E-state index < -0.39 is 0 Å². The summed E-state index contributed by atoms with van der Waals surface area (Å²) >= 11 is 1.57. The van der Waals surface area contributed by atoms with Gasteiger partial charge >= 0.3 is 0 Å². The molecular formula is C17H23N5OS. The minimum atomic E-state index is -0.0504. The molecule has 1 aliphatic heterocycles. The van der Waals surface area contributed by atoms with Gasteiger partial charge in [0.15, 0.2) is 0 Å². The molecule has 0 saturated carbocycles. The lowest BCUT2D eigenvalue weighted by Crippen LogP contribution is -2.45. The second kappa shape index (κ2) is 7.25. The van der Waals surface area contributed by atoms with Crippen LogP contribution in [0.15, 0.2) is 12.4 Å². The molecule has 2 aromatic heterocycles. The molecule has 0 aromatic carbocycles. The second-order valence-corrected chi connectivity index (χ2v) is 7.50. The number of carbonyl (C=O) groups excluding carboxylic acids is 1.